The Morgan fingerprint density at radius 3 is 2.19 bits per heavy atom. The van der Waals surface area contributed by atoms with E-state index >= 15 is 0 Å². The highest BCUT2D eigenvalue weighted by Gasteiger charge is 2.26. The van der Waals surface area contributed by atoms with Gasteiger partial charge in [0.05, 0.1) is 6.04 Å². The predicted molar refractivity (Wildman–Crippen MR) is 90.8 cm³/mol. The second-order valence-electron chi connectivity index (χ2n) is 6.28. The highest BCUT2D eigenvalue weighted by molar-refractivity contribution is 9.10. The molecule has 1 aliphatic rings. The van der Waals surface area contributed by atoms with E-state index in [0.29, 0.717) is 5.92 Å². The SMILES string of the molecule is CC(C)CN1CCN(C(C)C(=O)c2ccc(Br)cc2)CC1. The van der Waals surface area contributed by atoms with E-state index in [1.165, 1.54) is 0 Å². The minimum absolute atomic E-state index is 0.0348. The molecular weight excluding hydrogens is 328 g/mol. The first-order valence-corrected chi connectivity index (χ1v) is 8.53. The summed E-state index contributed by atoms with van der Waals surface area (Å²) in [7, 11) is 0. The number of halogens is 1. The van der Waals surface area contributed by atoms with Crippen LogP contribution < -0.4 is 0 Å². The van der Waals surface area contributed by atoms with Crippen LogP contribution in [0.15, 0.2) is 28.7 Å². The Balaban J connectivity index is 1.90. The van der Waals surface area contributed by atoms with Crippen LogP contribution in [0.2, 0.25) is 0 Å². The first kappa shape index (κ1) is 16.7. The van der Waals surface area contributed by atoms with Crippen molar-refractivity contribution in [3.05, 3.63) is 34.3 Å². The van der Waals surface area contributed by atoms with Gasteiger partial charge in [-0.1, -0.05) is 41.9 Å². The van der Waals surface area contributed by atoms with Crippen LogP contribution in [0.4, 0.5) is 0 Å². The number of carbonyl (C=O) groups excluding carboxylic acids is 1. The van der Waals surface area contributed by atoms with Crippen LogP contribution in [0.1, 0.15) is 31.1 Å². The molecule has 4 heteroatoms. The molecule has 1 heterocycles. The summed E-state index contributed by atoms with van der Waals surface area (Å²) in [5.41, 5.74) is 0.801. The molecule has 0 N–H and O–H groups in total. The normalized spacial score (nSPS) is 18.9. The summed E-state index contributed by atoms with van der Waals surface area (Å²) >= 11 is 3.41. The average molecular weight is 353 g/mol. The van der Waals surface area contributed by atoms with Gasteiger partial charge in [0.1, 0.15) is 0 Å². The Labute approximate surface area is 136 Å². The molecule has 1 atom stereocenters. The number of hydrogen-bond acceptors (Lipinski definition) is 3. The summed E-state index contributed by atoms with van der Waals surface area (Å²) in [6, 6.07) is 7.63. The molecular formula is C17H25BrN2O. The van der Waals surface area contributed by atoms with Crippen molar-refractivity contribution < 1.29 is 4.79 Å². The molecule has 0 saturated carbocycles. The van der Waals surface area contributed by atoms with Gasteiger partial charge in [-0.3, -0.25) is 9.69 Å². The van der Waals surface area contributed by atoms with Crippen molar-refractivity contribution in [2.24, 2.45) is 5.92 Å². The van der Waals surface area contributed by atoms with Gasteiger partial charge in [0.25, 0.3) is 0 Å². The fourth-order valence-electron chi connectivity index (χ4n) is 2.87. The maximum Gasteiger partial charge on any atom is 0.179 e. The Bertz CT molecular complexity index is 464. The van der Waals surface area contributed by atoms with E-state index in [1.54, 1.807) is 0 Å². The molecule has 0 aromatic heterocycles. The van der Waals surface area contributed by atoms with Crippen LogP contribution >= 0.6 is 15.9 Å². The van der Waals surface area contributed by atoms with Crippen LogP contribution in [-0.2, 0) is 0 Å². The summed E-state index contributed by atoms with van der Waals surface area (Å²) < 4.78 is 1.01. The van der Waals surface area contributed by atoms with E-state index in [0.717, 1.165) is 42.8 Å². The maximum atomic E-state index is 12.5. The lowest BCUT2D eigenvalue weighted by molar-refractivity contribution is 0.0679. The zero-order valence-electron chi connectivity index (χ0n) is 13.2. The second kappa shape index (κ2) is 7.52. The van der Waals surface area contributed by atoms with Crippen LogP contribution in [0.3, 0.4) is 0 Å². The number of carbonyl (C=O) groups is 1. The monoisotopic (exact) mass is 352 g/mol. The third-order valence-corrected chi connectivity index (χ3v) is 4.61. The molecule has 1 aromatic rings. The summed E-state index contributed by atoms with van der Waals surface area (Å²) in [4.78, 5) is 17.3. The van der Waals surface area contributed by atoms with Gasteiger partial charge in [-0.05, 0) is 25.0 Å². The molecule has 2 rings (SSSR count). The fraction of sp³-hybridized carbons (Fsp3) is 0.588. The van der Waals surface area contributed by atoms with E-state index in [-0.39, 0.29) is 11.8 Å². The molecule has 0 bridgehead atoms. The Morgan fingerprint density at radius 1 is 1.10 bits per heavy atom. The van der Waals surface area contributed by atoms with Crippen LogP contribution in [0.25, 0.3) is 0 Å². The Morgan fingerprint density at radius 2 is 1.67 bits per heavy atom. The highest BCUT2D eigenvalue weighted by Crippen LogP contribution is 2.15. The highest BCUT2D eigenvalue weighted by atomic mass is 79.9. The van der Waals surface area contributed by atoms with E-state index in [2.05, 4.69) is 39.6 Å². The largest absolute Gasteiger partial charge is 0.301 e. The lowest BCUT2D eigenvalue weighted by Gasteiger charge is -2.38. The molecule has 0 spiro atoms. The second-order valence-corrected chi connectivity index (χ2v) is 7.19. The van der Waals surface area contributed by atoms with Crippen molar-refractivity contribution in [3.8, 4) is 0 Å². The number of hydrogen-bond donors (Lipinski definition) is 0. The van der Waals surface area contributed by atoms with E-state index in [1.807, 2.05) is 31.2 Å². The summed E-state index contributed by atoms with van der Waals surface area (Å²) in [5, 5.41) is 0. The van der Waals surface area contributed by atoms with Crippen molar-refractivity contribution in [3.63, 3.8) is 0 Å². The molecule has 1 aliphatic heterocycles. The molecule has 1 unspecified atom stereocenters. The minimum atomic E-state index is -0.0348. The Kier molecular flexibility index (Phi) is 5.97. The molecule has 116 valence electrons. The molecule has 21 heavy (non-hydrogen) atoms. The van der Waals surface area contributed by atoms with Crippen molar-refractivity contribution >= 4 is 21.7 Å². The lowest BCUT2D eigenvalue weighted by Crippen LogP contribution is -2.52. The van der Waals surface area contributed by atoms with Crippen LogP contribution in [0.5, 0.6) is 0 Å². The Hall–Kier alpha value is -0.710. The third-order valence-electron chi connectivity index (χ3n) is 4.09. The smallest absolute Gasteiger partial charge is 0.179 e. The van der Waals surface area contributed by atoms with E-state index in [9.17, 15) is 4.79 Å². The van der Waals surface area contributed by atoms with Crippen molar-refractivity contribution in [2.75, 3.05) is 32.7 Å². The quantitative estimate of drug-likeness (QED) is 0.759. The maximum absolute atomic E-state index is 12.5. The zero-order chi connectivity index (χ0) is 15.4. The predicted octanol–water partition coefficient (Wildman–Crippen LogP) is 3.29. The van der Waals surface area contributed by atoms with Crippen LogP contribution in [0, 0.1) is 5.92 Å². The van der Waals surface area contributed by atoms with Gasteiger partial charge < -0.3 is 4.90 Å². The molecule has 0 radical (unpaired) electrons. The van der Waals surface area contributed by atoms with Gasteiger partial charge in [-0.2, -0.15) is 0 Å². The fourth-order valence-corrected chi connectivity index (χ4v) is 3.14. The molecule has 1 aromatic carbocycles. The molecule has 3 nitrogen and oxygen atoms in total. The summed E-state index contributed by atoms with van der Waals surface area (Å²) in [6.45, 7) is 11.8. The lowest BCUT2D eigenvalue weighted by atomic mass is 10.0. The zero-order valence-corrected chi connectivity index (χ0v) is 14.8. The van der Waals surface area contributed by atoms with E-state index in [4.69, 9.17) is 0 Å². The van der Waals surface area contributed by atoms with Gasteiger partial charge in [0.2, 0.25) is 0 Å². The minimum Gasteiger partial charge on any atom is -0.301 e. The first-order valence-electron chi connectivity index (χ1n) is 7.73. The molecule has 0 amide bonds. The average Bonchev–Trinajstić information content (AvgIpc) is 2.47. The van der Waals surface area contributed by atoms with Gasteiger partial charge >= 0.3 is 0 Å². The third kappa shape index (κ3) is 4.63. The van der Waals surface area contributed by atoms with Crippen molar-refractivity contribution in [2.45, 2.75) is 26.8 Å². The first-order chi connectivity index (χ1) is 9.97. The number of rotatable bonds is 5. The van der Waals surface area contributed by atoms with Gasteiger partial charge in [-0.25, -0.2) is 0 Å². The number of nitrogens with zero attached hydrogens (tertiary/aromatic N) is 2. The molecule has 1 fully saturated rings. The van der Waals surface area contributed by atoms with E-state index < -0.39 is 0 Å². The van der Waals surface area contributed by atoms with Gasteiger partial charge in [0, 0.05) is 42.8 Å². The topological polar surface area (TPSA) is 23.6 Å². The van der Waals surface area contributed by atoms with Crippen molar-refractivity contribution in [1.29, 1.82) is 0 Å². The van der Waals surface area contributed by atoms with Gasteiger partial charge in [0.15, 0.2) is 5.78 Å². The molecule has 1 saturated heterocycles. The number of piperazine rings is 1. The van der Waals surface area contributed by atoms with Crippen LogP contribution in [-0.4, -0.2) is 54.3 Å². The summed E-state index contributed by atoms with van der Waals surface area (Å²) in [5.74, 6) is 0.929. The van der Waals surface area contributed by atoms with Crippen molar-refractivity contribution in [1.82, 2.24) is 9.80 Å². The van der Waals surface area contributed by atoms with Gasteiger partial charge in [-0.15, -0.1) is 0 Å². The summed E-state index contributed by atoms with van der Waals surface area (Å²) in [6.07, 6.45) is 0. The number of Topliss-reactive ketones (excluding diaryl/α,β-unsaturated/α-hetero) is 1. The standard InChI is InChI=1S/C17H25BrN2O/c1-13(2)12-19-8-10-20(11-9-19)14(3)17(21)15-4-6-16(18)7-5-15/h4-7,13-14H,8-12H2,1-3H3. The molecule has 0 aliphatic carbocycles. The number of benzene rings is 1. The number of ketones is 1.